The highest BCUT2D eigenvalue weighted by molar-refractivity contribution is 6.04. The average Bonchev–Trinajstić information content (AvgIpc) is 3.38. The summed E-state index contributed by atoms with van der Waals surface area (Å²) >= 11 is 0. The number of aromatic nitrogens is 3. The van der Waals surface area contributed by atoms with Crippen LogP contribution in [0.3, 0.4) is 0 Å². The zero-order chi connectivity index (χ0) is 19.5. The van der Waals surface area contributed by atoms with E-state index in [1.54, 1.807) is 35.2 Å². The quantitative estimate of drug-likeness (QED) is 0.569. The number of methoxy groups -OCH3 is 1. The van der Waals surface area contributed by atoms with Gasteiger partial charge in [0.2, 0.25) is 5.82 Å². The lowest BCUT2D eigenvalue weighted by Gasteiger charge is -2.09. The molecule has 0 radical (unpaired) electrons. The van der Waals surface area contributed by atoms with E-state index in [1.807, 2.05) is 43.3 Å². The van der Waals surface area contributed by atoms with Crippen molar-refractivity contribution in [1.29, 1.82) is 0 Å². The van der Waals surface area contributed by atoms with Gasteiger partial charge < -0.3 is 14.5 Å². The topological polar surface area (TPSA) is 82.2 Å². The molecule has 0 aliphatic heterocycles. The highest BCUT2D eigenvalue weighted by atomic mass is 16.5. The molecule has 0 aliphatic rings. The van der Waals surface area contributed by atoms with Crippen molar-refractivity contribution >= 4 is 11.6 Å². The molecule has 1 amide bonds. The van der Waals surface area contributed by atoms with Crippen LogP contribution < -0.4 is 10.1 Å². The van der Waals surface area contributed by atoms with Gasteiger partial charge >= 0.3 is 6.01 Å². The van der Waals surface area contributed by atoms with Gasteiger partial charge in [0.05, 0.1) is 19.1 Å². The van der Waals surface area contributed by atoms with E-state index in [2.05, 4.69) is 15.4 Å². The highest BCUT2D eigenvalue weighted by Gasteiger charge is 2.17. The fraction of sp³-hybridized carbons (Fsp3) is 0.0952. The molecule has 7 heteroatoms. The zero-order valence-electron chi connectivity index (χ0n) is 15.4. The summed E-state index contributed by atoms with van der Waals surface area (Å²) in [5, 5.41) is 7.26. The van der Waals surface area contributed by atoms with E-state index in [9.17, 15) is 4.79 Å². The number of hydrogen-bond donors (Lipinski definition) is 1. The second kappa shape index (κ2) is 7.40. The third kappa shape index (κ3) is 3.50. The number of anilines is 1. The first-order valence-corrected chi connectivity index (χ1v) is 8.67. The smallest absolute Gasteiger partial charge is 0.336 e. The van der Waals surface area contributed by atoms with Gasteiger partial charge in [-0.25, -0.2) is 4.68 Å². The van der Waals surface area contributed by atoms with Gasteiger partial charge in [-0.1, -0.05) is 23.8 Å². The Bertz CT molecular complexity index is 1100. The number of ether oxygens (including phenoxy) is 1. The molecular weight excluding hydrogens is 356 g/mol. The van der Waals surface area contributed by atoms with Gasteiger partial charge in [-0.05, 0) is 49.4 Å². The molecular formula is C21H18N4O3. The molecule has 0 spiro atoms. The van der Waals surface area contributed by atoms with Crippen LogP contribution in [0.2, 0.25) is 0 Å². The Morgan fingerprint density at radius 2 is 1.93 bits per heavy atom. The van der Waals surface area contributed by atoms with Crippen LogP contribution >= 0.6 is 0 Å². The maximum atomic E-state index is 12.5. The standard InChI is InChI=1S/C21H18N4O3/c1-14-8-10-15(11-9-14)20(26)22-16-5-3-6-17(13-16)25-19(18-7-4-12-28-18)23-21(24-25)27-2/h3-13H,1-2H3,(H,22,26). The SMILES string of the molecule is COc1nc(-c2ccco2)n(-c2cccc(NC(=O)c3ccc(C)cc3)c2)n1. The number of hydrogen-bond acceptors (Lipinski definition) is 5. The van der Waals surface area contributed by atoms with Crippen molar-refractivity contribution in [2.75, 3.05) is 12.4 Å². The summed E-state index contributed by atoms with van der Waals surface area (Å²) in [6.07, 6.45) is 1.57. The average molecular weight is 374 g/mol. The molecule has 0 saturated heterocycles. The van der Waals surface area contributed by atoms with Crippen LogP contribution in [0.15, 0.2) is 71.3 Å². The summed E-state index contributed by atoms with van der Waals surface area (Å²) in [7, 11) is 1.50. The molecule has 2 aromatic heterocycles. The second-order valence-electron chi connectivity index (χ2n) is 6.18. The Morgan fingerprint density at radius 3 is 2.64 bits per heavy atom. The number of nitrogens with zero attached hydrogens (tertiary/aromatic N) is 3. The van der Waals surface area contributed by atoms with Crippen molar-refractivity contribution in [2.45, 2.75) is 6.92 Å². The van der Waals surface area contributed by atoms with Crippen molar-refractivity contribution in [3.63, 3.8) is 0 Å². The van der Waals surface area contributed by atoms with Crippen LogP contribution in [0.5, 0.6) is 6.01 Å². The molecule has 28 heavy (non-hydrogen) atoms. The van der Waals surface area contributed by atoms with Gasteiger partial charge in [0, 0.05) is 11.3 Å². The monoisotopic (exact) mass is 374 g/mol. The molecule has 140 valence electrons. The van der Waals surface area contributed by atoms with Gasteiger partial charge in [-0.2, -0.15) is 4.98 Å². The largest absolute Gasteiger partial charge is 0.466 e. The Morgan fingerprint density at radius 1 is 1.11 bits per heavy atom. The second-order valence-corrected chi connectivity index (χ2v) is 6.18. The van der Waals surface area contributed by atoms with Crippen LogP contribution in [0.25, 0.3) is 17.3 Å². The van der Waals surface area contributed by atoms with Crippen molar-refractivity contribution in [1.82, 2.24) is 14.8 Å². The van der Waals surface area contributed by atoms with Crippen LogP contribution in [-0.4, -0.2) is 27.8 Å². The molecule has 1 N–H and O–H groups in total. The lowest BCUT2D eigenvalue weighted by molar-refractivity contribution is 0.102. The number of aryl methyl sites for hydroxylation is 1. The Balaban J connectivity index is 1.65. The van der Waals surface area contributed by atoms with Gasteiger partial charge in [-0.15, -0.1) is 5.10 Å². The van der Waals surface area contributed by atoms with Crippen LogP contribution in [0, 0.1) is 6.92 Å². The highest BCUT2D eigenvalue weighted by Crippen LogP contribution is 2.25. The predicted molar refractivity (Wildman–Crippen MR) is 105 cm³/mol. The van der Waals surface area contributed by atoms with Crippen LogP contribution in [0.1, 0.15) is 15.9 Å². The van der Waals surface area contributed by atoms with Crippen molar-refractivity contribution in [3.05, 3.63) is 78.1 Å². The van der Waals surface area contributed by atoms with Crippen molar-refractivity contribution in [3.8, 4) is 23.3 Å². The molecule has 0 saturated carbocycles. The Kier molecular flexibility index (Phi) is 4.63. The van der Waals surface area contributed by atoms with Crippen LogP contribution in [-0.2, 0) is 0 Å². The van der Waals surface area contributed by atoms with Crippen molar-refractivity contribution in [2.24, 2.45) is 0 Å². The van der Waals surface area contributed by atoms with Crippen molar-refractivity contribution < 1.29 is 13.9 Å². The molecule has 0 bridgehead atoms. The summed E-state index contributed by atoms with van der Waals surface area (Å²) in [5.74, 6) is 0.883. The van der Waals surface area contributed by atoms with E-state index in [4.69, 9.17) is 9.15 Å². The Labute approximate surface area is 161 Å². The number of carbonyl (C=O) groups excluding carboxylic acids is 1. The normalized spacial score (nSPS) is 10.6. The summed E-state index contributed by atoms with van der Waals surface area (Å²) in [4.78, 5) is 16.8. The maximum Gasteiger partial charge on any atom is 0.336 e. The first-order chi connectivity index (χ1) is 13.6. The lowest BCUT2D eigenvalue weighted by Crippen LogP contribution is -2.12. The molecule has 2 aromatic carbocycles. The minimum atomic E-state index is -0.181. The number of amides is 1. The van der Waals surface area contributed by atoms with Crippen LogP contribution in [0.4, 0.5) is 5.69 Å². The number of rotatable bonds is 5. The molecule has 0 aliphatic carbocycles. The molecule has 0 atom stereocenters. The Hall–Kier alpha value is -3.87. The van der Waals surface area contributed by atoms with Gasteiger partial charge in [-0.3, -0.25) is 4.79 Å². The fourth-order valence-electron chi connectivity index (χ4n) is 2.75. The molecule has 7 nitrogen and oxygen atoms in total. The maximum absolute atomic E-state index is 12.5. The number of nitrogens with one attached hydrogen (secondary N) is 1. The minimum absolute atomic E-state index is 0.181. The molecule has 0 fully saturated rings. The van der Waals surface area contributed by atoms with Gasteiger partial charge in [0.15, 0.2) is 5.76 Å². The number of carbonyl (C=O) groups is 1. The zero-order valence-corrected chi connectivity index (χ0v) is 15.4. The molecule has 4 aromatic rings. The third-order valence-corrected chi connectivity index (χ3v) is 4.17. The fourth-order valence-corrected chi connectivity index (χ4v) is 2.75. The van der Waals surface area contributed by atoms with E-state index >= 15 is 0 Å². The molecule has 4 rings (SSSR count). The summed E-state index contributed by atoms with van der Waals surface area (Å²) < 4.78 is 12.2. The lowest BCUT2D eigenvalue weighted by atomic mass is 10.1. The van der Waals surface area contributed by atoms with E-state index in [0.29, 0.717) is 28.5 Å². The van der Waals surface area contributed by atoms with Gasteiger partial charge in [0.1, 0.15) is 0 Å². The summed E-state index contributed by atoms with van der Waals surface area (Å²) in [6.45, 7) is 1.98. The first-order valence-electron chi connectivity index (χ1n) is 8.67. The first kappa shape index (κ1) is 17.5. The van der Waals surface area contributed by atoms with E-state index in [-0.39, 0.29) is 11.9 Å². The summed E-state index contributed by atoms with van der Waals surface area (Å²) in [5.41, 5.74) is 3.05. The van der Waals surface area contributed by atoms with Gasteiger partial charge in [0.25, 0.3) is 5.91 Å². The van der Waals surface area contributed by atoms with E-state index in [0.717, 1.165) is 5.56 Å². The van der Waals surface area contributed by atoms with E-state index < -0.39 is 0 Å². The summed E-state index contributed by atoms with van der Waals surface area (Å²) in [6, 6.07) is 18.5. The minimum Gasteiger partial charge on any atom is -0.466 e. The third-order valence-electron chi connectivity index (χ3n) is 4.17. The molecule has 0 unspecified atom stereocenters. The number of furan rings is 1. The number of benzene rings is 2. The van der Waals surface area contributed by atoms with E-state index in [1.165, 1.54) is 7.11 Å². The molecule has 2 heterocycles. The predicted octanol–water partition coefficient (Wildman–Crippen LogP) is 4.10.